The third-order valence-corrected chi connectivity index (χ3v) is 5.16. The number of hydrogen-bond acceptors (Lipinski definition) is 4. The van der Waals surface area contributed by atoms with Gasteiger partial charge in [-0.2, -0.15) is 0 Å². The predicted molar refractivity (Wildman–Crippen MR) is 70.9 cm³/mol. The number of piperidine rings is 1. The SMILES string of the molecule is CS(=O)CCNS(=O)(=O)CCC1CCNCC1. The lowest BCUT2D eigenvalue weighted by Crippen LogP contribution is -2.33. The molecule has 17 heavy (non-hydrogen) atoms. The van der Waals surface area contributed by atoms with Crippen molar-refractivity contribution < 1.29 is 12.6 Å². The minimum atomic E-state index is -3.18. The lowest BCUT2D eigenvalue weighted by Gasteiger charge is -2.22. The second-order valence-electron chi connectivity index (χ2n) is 4.47. The van der Waals surface area contributed by atoms with Crippen LogP contribution in [0.2, 0.25) is 0 Å². The van der Waals surface area contributed by atoms with Crippen molar-refractivity contribution >= 4 is 20.8 Å². The molecule has 1 rings (SSSR count). The summed E-state index contributed by atoms with van der Waals surface area (Å²) in [6.07, 6.45) is 4.43. The van der Waals surface area contributed by atoms with Gasteiger partial charge in [-0.25, -0.2) is 13.1 Å². The molecule has 0 aromatic carbocycles. The topological polar surface area (TPSA) is 75.3 Å². The normalized spacial score (nSPS) is 20.3. The highest BCUT2D eigenvalue weighted by Gasteiger charge is 2.17. The van der Waals surface area contributed by atoms with Crippen LogP contribution in [0.15, 0.2) is 0 Å². The Bertz CT molecular complexity index is 337. The van der Waals surface area contributed by atoms with Crippen molar-refractivity contribution in [1.82, 2.24) is 10.0 Å². The highest BCUT2D eigenvalue weighted by Crippen LogP contribution is 2.16. The molecule has 1 aliphatic rings. The van der Waals surface area contributed by atoms with Crippen molar-refractivity contribution in [3.05, 3.63) is 0 Å². The van der Waals surface area contributed by atoms with Crippen molar-refractivity contribution in [3.8, 4) is 0 Å². The van der Waals surface area contributed by atoms with Crippen LogP contribution in [0, 0.1) is 5.92 Å². The Kier molecular flexibility index (Phi) is 6.61. The molecule has 0 radical (unpaired) electrons. The van der Waals surface area contributed by atoms with E-state index in [-0.39, 0.29) is 12.3 Å². The van der Waals surface area contributed by atoms with E-state index in [1.54, 1.807) is 6.26 Å². The monoisotopic (exact) mass is 282 g/mol. The van der Waals surface area contributed by atoms with Crippen LogP contribution in [-0.2, 0) is 20.8 Å². The molecule has 0 bridgehead atoms. The van der Waals surface area contributed by atoms with Gasteiger partial charge < -0.3 is 5.32 Å². The maximum Gasteiger partial charge on any atom is 0.211 e. The fraction of sp³-hybridized carbons (Fsp3) is 1.00. The minimum Gasteiger partial charge on any atom is -0.317 e. The average Bonchev–Trinajstić information content (AvgIpc) is 2.27. The van der Waals surface area contributed by atoms with E-state index in [0.29, 0.717) is 11.7 Å². The van der Waals surface area contributed by atoms with Gasteiger partial charge in [-0.3, -0.25) is 4.21 Å². The maximum atomic E-state index is 11.6. The zero-order chi connectivity index (χ0) is 12.7. The fourth-order valence-corrected chi connectivity index (χ4v) is 3.63. The van der Waals surface area contributed by atoms with Crippen LogP contribution in [0.3, 0.4) is 0 Å². The lowest BCUT2D eigenvalue weighted by molar-refractivity contribution is 0.365. The maximum absolute atomic E-state index is 11.6. The van der Waals surface area contributed by atoms with Crippen LogP contribution >= 0.6 is 0 Å². The molecule has 1 heterocycles. The summed E-state index contributed by atoms with van der Waals surface area (Å²) in [5, 5.41) is 3.26. The molecule has 1 saturated heterocycles. The Morgan fingerprint density at radius 3 is 2.59 bits per heavy atom. The van der Waals surface area contributed by atoms with Gasteiger partial charge in [0.15, 0.2) is 0 Å². The van der Waals surface area contributed by atoms with E-state index >= 15 is 0 Å². The second-order valence-corrected chi connectivity index (χ2v) is 7.95. The quantitative estimate of drug-likeness (QED) is 0.671. The van der Waals surface area contributed by atoms with Crippen LogP contribution in [0.5, 0.6) is 0 Å². The smallest absolute Gasteiger partial charge is 0.211 e. The van der Waals surface area contributed by atoms with Crippen molar-refractivity contribution in [1.29, 1.82) is 0 Å². The summed E-state index contributed by atoms with van der Waals surface area (Å²) >= 11 is 0. The highest BCUT2D eigenvalue weighted by molar-refractivity contribution is 7.89. The first-order chi connectivity index (χ1) is 7.99. The molecule has 2 N–H and O–H groups in total. The molecule has 1 aliphatic heterocycles. The largest absolute Gasteiger partial charge is 0.317 e. The Morgan fingerprint density at radius 2 is 2.00 bits per heavy atom. The average molecular weight is 282 g/mol. The third kappa shape index (κ3) is 7.13. The first kappa shape index (κ1) is 15.1. The van der Waals surface area contributed by atoms with Crippen molar-refractivity contribution in [3.63, 3.8) is 0 Å². The van der Waals surface area contributed by atoms with Gasteiger partial charge in [0.05, 0.1) is 5.75 Å². The van der Waals surface area contributed by atoms with Gasteiger partial charge in [-0.05, 0) is 38.3 Å². The van der Waals surface area contributed by atoms with Crippen LogP contribution in [0.1, 0.15) is 19.3 Å². The van der Waals surface area contributed by atoms with Gasteiger partial charge in [0.25, 0.3) is 0 Å². The fourth-order valence-electron chi connectivity index (χ4n) is 1.91. The molecular formula is C10H22N2O3S2. The lowest BCUT2D eigenvalue weighted by atomic mass is 9.96. The number of rotatable bonds is 7. The number of sulfonamides is 1. The summed E-state index contributed by atoms with van der Waals surface area (Å²) in [7, 11) is -4.13. The first-order valence-electron chi connectivity index (χ1n) is 5.98. The van der Waals surface area contributed by atoms with E-state index in [0.717, 1.165) is 32.4 Å². The standard InChI is InChI=1S/C10H22N2O3S2/c1-16(13)8-7-12-17(14,15)9-4-10-2-5-11-6-3-10/h10-12H,2-9H2,1H3. The molecule has 0 amide bonds. The Hall–Kier alpha value is 0.0200. The summed E-state index contributed by atoms with van der Waals surface area (Å²) < 4.78 is 36.6. The molecule has 0 aromatic heterocycles. The molecule has 0 spiro atoms. The zero-order valence-corrected chi connectivity index (χ0v) is 11.9. The second kappa shape index (κ2) is 7.45. The third-order valence-electron chi connectivity index (χ3n) is 2.97. The van der Waals surface area contributed by atoms with Crippen LogP contribution < -0.4 is 10.0 Å². The molecule has 1 fully saturated rings. The number of hydrogen-bond donors (Lipinski definition) is 2. The van der Waals surface area contributed by atoms with Gasteiger partial charge in [0.2, 0.25) is 10.0 Å². The van der Waals surface area contributed by atoms with Crippen molar-refractivity contribution in [2.75, 3.05) is 37.4 Å². The Labute approximate surface area is 106 Å². The summed E-state index contributed by atoms with van der Waals surface area (Å²) in [6, 6.07) is 0. The van der Waals surface area contributed by atoms with E-state index in [4.69, 9.17) is 0 Å². The van der Waals surface area contributed by atoms with Crippen molar-refractivity contribution in [2.45, 2.75) is 19.3 Å². The molecule has 7 heteroatoms. The van der Waals surface area contributed by atoms with Gasteiger partial charge in [0.1, 0.15) is 0 Å². The molecule has 0 saturated carbocycles. The van der Waals surface area contributed by atoms with Crippen LogP contribution in [-0.4, -0.2) is 50.0 Å². The molecule has 0 aromatic rings. The van der Waals surface area contributed by atoms with Gasteiger partial charge in [0, 0.05) is 29.4 Å². The van der Waals surface area contributed by atoms with E-state index in [1.807, 2.05) is 0 Å². The first-order valence-corrected chi connectivity index (χ1v) is 9.35. The predicted octanol–water partition coefficient (Wildman–Crippen LogP) is -0.326. The van der Waals surface area contributed by atoms with Gasteiger partial charge in [-0.15, -0.1) is 0 Å². The van der Waals surface area contributed by atoms with E-state index in [1.165, 1.54) is 0 Å². The highest BCUT2D eigenvalue weighted by atomic mass is 32.2. The summed E-state index contributed by atoms with van der Waals surface area (Å²) in [5.41, 5.74) is 0. The molecular weight excluding hydrogens is 260 g/mol. The van der Waals surface area contributed by atoms with Gasteiger partial charge >= 0.3 is 0 Å². The summed E-state index contributed by atoms with van der Waals surface area (Å²) in [4.78, 5) is 0. The summed E-state index contributed by atoms with van der Waals surface area (Å²) in [5.74, 6) is 1.09. The molecule has 102 valence electrons. The molecule has 1 atom stereocenters. The summed E-state index contributed by atoms with van der Waals surface area (Å²) in [6.45, 7) is 2.26. The van der Waals surface area contributed by atoms with Crippen molar-refractivity contribution in [2.24, 2.45) is 5.92 Å². The number of nitrogens with one attached hydrogen (secondary N) is 2. The molecule has 5 nitrogen and oxygen atoms in total. The van der Waals surface area contributed by atoms with Crippen LogP contribution in [0.25, 0.3) is 0 Å². The van der Waals surface area contributed by atoms with Gasteiger partial charge in [-0.1, -0.05) is 0 Å². The molecule has 1 unspecified atom stereocenters. The molecule has 0 aliphatic carbocycles. The Balaban J connectivity index is 2.21. The Morgan fingerprint density at radius 1 is 1.35 bits per heavy atom. The minimum absolute atomic E-state index is 0.189. The van der Waals surface area contributed by atoms with E-state index < -0.39 is 20.8 Å². The van der Waals surface area contributed by atoms with Crippen LogP contribution in [0.4, 0.5) is 0 Å². The van der Waals surface area contributed by atoms with E-state index in [2.05, 4.69) is 10.0 Å². The van der Waals surface area contributed by atoms with E-state index in [9.17, 15) is 12.6 Å². The zero-order valence-electron chi connectivity index (χ0n) is 10.3.